The Morgan fingerprint density at radius 3 is 2.69 bits per heavy atom. The van der Waals surface area contributed by atoms with Crippen molar-refractivity contribution >= 4 is 27.1 Å². The largest absolute Gasteiger partial charge is 0.291 e. The second-order valence-electron chi connectivity index (χ2n) is 9.20. The van der Waals surface area contributed by atoms with Crippen molar-refractivity contribution in [2.75, 3.05) is 13.1 Å². The van der Waals surface area contributed by atoms with Crippen molar-refractivity contribution < 1.29 is 17.6 Å². The number of aromatic nitrogens is 6. The number of hydrogen-bond acceptors (Lipinski definition) is 8. The van der Waals surface area contributed by atoms with E-state index in [0.717, 1.165) is 16.9 Å². The lowest BCUT2D eigenvalue weighted by Crippen LogP contribution is -2.57. The average Bonchev–Trinajstić information content (AvgIpc) is 3.63. The number of aryl methyl sites for hydroxylation is 1. The monoisotopic (exact) mass is 527 g/mol. The number of carbonyl (C=O) groups is 1. The summed E-state index contributed by atoms with van der Waals surface area (Å²) in [5.41, 5.74) is 1.58. The predicted molar refractivity (Wildman–Crippen MR) is 128 cm³/mol. The maximum atomic E-state index is 14.0. The van der Waals surface area contributed by atoms with Gasteiger partial charge in [0.1, 0.15) is 5.82 Å². The minimum Gasteiger partial charge on any atom is -0.291 e. The molecule has 0 radical (unpaired) electrons. The molecule has 10 nitrogen and oxygen atoms in total. The summed E-state index contributed by atoms with van der Waals surface area (Å²) in [6.07, 6.45) is 5.90. The zero-order chi connectivity index (χ0) is 25.1. The molecule has 0 bridgehead atoms. The molecule has 0 spiro atoms. The summed E-state index contributed by atoms with van der Waals surface area (Å²) in [5.74, 6) is -0.600. The summed E-state index contributed by atoms with van der Waals surface area (Å²) in [7, 11) is -2.38. The number of benzene rings is 1. The van der Waals surface area contributed by atoms with Gasteiger partial charge in [0, 0.05) is 37.4 Å². The third-order valence-electron chi connectivity index (χ3n) is 7.20. The Labute approximate surface area is 210 Å². The molecular weight excluding hydrogens is 505 g/mol. The van der Waals surface area contributed by atoms with E-state index in [9.17, 15) is 17.6 Å². The van der Waals surface area contributed by atoms with Gasteiger partial charge in [0.05, 0.1) is 23.5 Å². The highest BCUT2D eigenvalue weighted by Crippen LogP contribution is 2.48. The van der Waals surface area contributed by atoms with Gasteiger partial charge in [-0.05, 0) is 55.0 Å². The number of fused-ring (bicyclic) bond motifs is 2. The Morgan fingerprint density at radius 2 is 2.00 bits per heavy atom. The lowest BCUT2D eigenvalue weighted by molar-refractivity contribution is 0.0399. The molecule has 1 fully saturated rings. The Morgan fingerprint density at radius 1 is 1.19 bits per heavy atom. The van der Waals surface area contributed by atoms with E-state index in [1.165, 1.54) is 38.8 Å². The maximum absolute atomic E-state index is 14.0. The highest BCUT2D eigenvalue weighted by molar-refractivity contribution is 7.89. The van der Waals surface area contributed by atoms with E-state index < -0.39 is 15.4 Å². The quantitative estimate of drug-likeness (QED) is 0.366. The van der Waals surface area contributed by atoms with E-state index in [4.69, 9.17) is 0 Å². The van der Waals surface area contributed by atoms with Crippen molar-refractivity contribution in [1.82, 2.24) is 34.1 Å². The van der Waals surface area contributed by atoms with Crippen LogP contribution in [-0.2, 0) is 29.9 Å². The molecule has 2 atom stereocenters. The van der Waals surface area contributed by atoms with E-state index in [2.05, 4.69) is 20.3 Å². The molecule has 2 aliphatic rings. The second kappa shape index (κ2) is 8.39. The number of halogens is 1. The van der Waals surface area contributed by atoms with Crippen molar-refractivity contribution in [3.05, 3.63) is 70.3 Å². The number of sulfonamides is 1. The van der Waals surface area contributed by atoms with Gasteiger partial charge in [-0.3, -0.25) is 4.79 Å². The fraction of sp³-hybridized carbons (Fsp3) is 0.348. The van der Waals surface area contributed by atoms with Gasteiger partial charge in [0.25, 0.3) is 10.0 Å². The summed E-state index contributed by atoms with van der Waals surface area (Å²) >= 11 is 1.26. The molecule has 186 valence electrons. The fourth-order valence-electron chi connectivity index (χ4n) is 5.42. The zero-order valence-corrected chi connectivity index (χ0v) is 20.9. The van der Waals surface area contributed by atoms with Gasteiger partial charge in [-0.25, -0.2) is 22.5 Å². The molecule has 1 aliphatic heterocycles. The number of carbonyl (C=O) groups excluding carboxylic acids is 1. The highest BCUT2D eigenvalue weighted by Gasteiger charge is 2.55. The molecule has 1 aliphatic carbocycles. The summed E-state index contributed by atoms with van der Waals surface area (Å²) in [4.78, 5) is 19.4. The van der Waals surface area contributed by atoms with Gasteiger partial charge in [-0.15, -0.1) is 16.4 Å². The molecule has 0 unspecified atom stereocenters. The summed E-state index contributed by atoms with van der Waals surface area (Å²) in [6.45, 7) is 0.284. The summed E-state index contributed by atoms with van der Waals surface area (Å²) in [5, 5.41) is 14.4. The molecule has 0 amide bonds. The Balaban J connectivity index is 1.42. The number of rotatable bonds is 5. The third kappa shape index (κ3) is 3.61. The van der Waals surface area contributed by atoms with Crippen LogP contribution in [0.4, 0.5) is 4.39 Å². The second-order valence-corrected chi connectivity index (χ2v) is 12.0. The molecule has 0 saturated carbocycles. The first-order valence-electron chi connectivity index (χ1n) is 11.4. The van der Waals surface area contributed by atoms with E-state index in [1.54, 1.807) is 41.6 Å². The lowest BCUT2D eigenvalue weighted by Gasteiger charge is -2.48. The molecule has 13 heteroatoms. The average molecular weight is 528 g/mol. The van der Waals surface area contributed by atoms with Crippen LogP contribution in [0.3, 0.4) is 0 Å². The maximum Gasteiger partial charge on any atom is 0.264 e. The minimum absolute atomic E-state index is 0.0240. The first-order chi connectivity index (χ1) is 17.3. The van der Waals surface area contributed by atoms with E-state index in [0.29, 0.717) is 24.3 Å². The highest BCUT2D eigenvalue weighted by atomic mass is 32.2. The van der Waals surface area contributed by atoms with Crippen molar-refractivity contribution in [2.45, 2.75) is 24.3 Å². The van der Waals surface area contributed by atoms with Gasteiger partial charge in [0.2, 0.25) is 5.03 Å². The fourth-order valence-corrected chi connectivity index (χ4v) is 7.51. The third-order valence-corrected chi connectivity index (χ3v) is 9.68. The zero-order valence-electron chi connectivity index (χ0n) is 19.3. The molecule has 36 heavy (non-hydrogen) atoms. The van der Waals surface area contributed by atoms with Crippen LogP contribution in [0.15, 0.2) is 53.3 Å². The van der Waals surface area contributed by atoms with Crippen LogP contribution in [0.2, 0.25) is 0 Å². The molecule has 6 rings (SSSR count). The lowest BCUT2D eigenvalue weighted by atomic mass is 9.61. The summed E-state index contributed by atoms with van der Waals surface area (Å²) in [6, 6.07) is 6.11. The van der Waals surface area contributed by atoms with E-state index in [1.807, 2.05) is 0 Å². The van der Waals surface area contributed by atoms with Gasteiger partial charge in [-0.1, -0.05) is 0 Å². The van der Waals surface area contributed by atoms with Crippen LogP contribution in [0.5, 0.6) is 0 Å². The Kier molecular flexibility index (Phi) is 5.39. The topological polar surface area (TPSA) is 116 Å². The van der Waals surface area contributed by atoms with Crippen LogP contribution in [0.1, 0.15) is 27.5 Å². The smallest absolute Gasteiger partial charge is 0.264 e. The van der Waals surface area contributed by atoms with Crippen LogP contribution in [-0.4, -0.2) is 61.4 Å². The van der Waals surface area contributed by atoms with Crippen LogP contribution in [0.25, 0.3) is 5.69 Å². The Bertz CT molecular complexity index is 1550. The van der Waals surface area contributed by atoms with Gasteiger partial charge in [-0.2, -0.15) is 19.3 Å². The van der Waals surface area contributed by atoms with Crippen molar-refractivity contribution in [1.29, 1.82) is 0 Å². The number of Topliss-reactive ketones (excluding diaryl/α,β-unsaturated/α-hetero) is 1. The molecule has 1 aromatic carbocycles. The number of thiazole rings is 1. The van der Waals surface area contributed by atoms with Crippen LogP contribution in [0, 0.1) is 17.2 Å². The van der Waals surface area contributed by atoms with E-state index >= 15 is 0 Å². The van der Waals surface area contributed by atoms with E-state index in [-0.39, 0.29) is 35.6 Å². The molecule has 4 aromatic rings. The molecular formula is C23H22FN7O3S2. The van der Waals surface area contributed by atoms with Gasteiger partial charge >= 0.3 is 0 Å². The van der Waals surface area contributed by atoms with Crippen molar-refractivity contribution in [2.24, 2.45) is 18.4 Å². The van der Waals surface area contributed by atoms with Crippen LogP contribution >= 0.6 is 11.3 Å². The standard InChI is InChI=1S/C23H22FN7O3S2/c1-29-26-13-20(28-29)36(33,34)30-8-6-16-10-19-15(12-27-31(19)18-4-2-17(24)3-5-18)11-23(16,14-30)21(32)22-25-7-9-35-22/h2-5,7,9,12-13,16H,6,8,10-11,14H2,1H3/t16-,23-/m0/s1. The molecule has 4 heterocycles. The predicted octanol–water partition coefficient (Wildman–Crippen LogP) is 2.28. The Hall–Kier alpha value is -3.29. The first kappa shape index (κ1) is 23.1. The first-order valence-corrected chi connectivity index (χ1v) is 13.7. The number of hydrogen-bond donors (Lipinski definition) is 0. The van der Waals surface area contributed by atoms with Crippen molar-refractivity contribution in [3.63, 3.8) is 0 Å². The minimum atomic E-state index is -3.94. The summed E-state index contributed by atoms with van der Waals surface area (Å²) < 4.78 is 43.5. The van der Waals surface area contributed by atoms with Gasteiger partial charge < -0.3 is 0 Å². The SMILES string of the molecule is Cn1ncc(S(=O)(=O)N2CC[C@H]3Cc4c(cnn4-c4ccc(F)cc4)C[C@]3(C(=O)c3nccs3)C2)n1. The normalized spacial score (nSPS) is 22.2. The number of nitrogens with zero attached hydrogens (tertiary/aromatic N) is 7. The van der Waals surface area contributed by atoms with Crippen LogP contribution < -0.4 is 0 Å². The number of piperidine rings is 1. The molecule has 0 N–H and O–H groups in total. The molecule has 3 aromatic heterocycles. The molecule has 1 saturated heterocycles. The van der Waals surface area contributed by atoms with Gasteiger partial charge in [0.15, 0.2) is 10.8 Å². The van der Waals surface area contributed by atoms with Crippen molar-refractivity contribution in [3.8, 4) is 5.69 Å². The number of ketones is 1.